The number of hydrogen-bond acceptors (Lipinski definition) is 6. The number of nitrogens with one attached hydrogen (secondary N) is 3. The molecule has 230 valence electrons. The third-order valence-electron chi connectivity index (χ3n) is 9.06. The zero-order valence-electron chi connectivity index (χ0n) is 25.2. The minimum absolute atomic E-state index is 0.0691. The van der Waals surface area contributed by atoms with Gasteiger partial charge in [-0.25, -0.2) is 4.39 Å². The zero-order valence-corrected chi connectivity index (χ0v) is 26.0. The highest BCUT2D eigenvalue weighted by Gasteiger charge is 2.54. The largest absolute Gasteiger partial charge is 0.345 e. The van der Waals surface area contributed by atoms with Crippen LogP contribution in [0.15, 0.2) is 42.5 Å². The van der Waals surface area contributed by atoms with Gasteiger partial charge in [0.05, 0.1) is 18.2 Å². The van der Waals surface area contributed by atoms with Crippen LogP contribution in [-0.2, 0) is 11.3 Å². The number of carbonyl (C=O) groups is 2. The number of halogens is 2. The van der Waals surface area contributed by atoms with Gasteiger partial charge < -0.3 is 10.2 Å². The molecule has 2 unspecified atom stereocenters. The van der Waals surface area contributed by atoms with E-state index >= 15 is 0 Å². The predicted molar refractivity (Wildman–Crippen MR) is 162 cm³/mol. The average Bonchev–Trinajstić information content (AvgIpc) is 3.59. The van der Waals surface area contributed by atoms with Crippen molar-refractivity contribution < 1.29 is 14.0 Å². The Labute approximate surface area is 257 Å². The molecule has 0 bridgehead atoms. The number of H-pyrrole nitrogens is 1. The third-order valence-corrected chi connectivity index (χ3v) is 9.28. The summed E-state index contributed by atoms with van der Waals surface area (Å²) in [5, 5.41) is 20.4. The number of amides is 2. The summed E-state index contributed by atoms with van der Waals surface area (Å²) in [4.78, 5) is 29.3. The van der Waals surface area contributed by atoms with Crippen LogP contribution in [0.25, 0.3) is 0 Å². The van der Waals surface area contributed by atoms with Crippen LogP contribution in [0, 0.1) is 23.6 Å². The van der Waals surface area contributed by atoms with Crippen LogP contribution in [-0.4, -0.2) is 43.0 Å². The van der Waals surface area contributed by atoms with E-state index in [1.807, 2.05) is 12.1 Å². The number of hydrogen-bond donors (Lipinski definition) is 3. The van der Waals surface area contributed by atoms with E-state index < -0.39 is 17.5 Å². The summed E-state index contributed by atoms with van der Waals surface area (Å²) < 4.78 is 14.5. The van der Waals surface area contributed by atoms with Gasteiger partial charge in [0, 0.05) is 10.6 Å². The molecule has 2 atom stereocenters. The van der Waals surface area contributed by atoms with Crippen LogP contribution in [0.4, 0.5) is 4.39 Å². The lowest BCUT2D eigenvalue weighted by atomic mass is 9.75. The molecule has 1 saturated carbocycles. The molecule has 11 heteroatoms. The second-order valence-electron chi connectivity index (χ2n) is 12.7. The molecule has 2 aliphatic rings. The van der Waals surface area contributed by atoms with Crippen molar-refractivity contribution in [1.82, 2.24) is 36.2 Å². The summed E-state index contributed by atoms with van der Waals surface area (Å²) in [7, 11) is 0. The summed E-state index contributed by atoms with van der Waals surface area (Å²) in [6.07, 6.45) is 5.32. The van der Waals surface area contributed by atoms with Gasteiger partial charge >= 0.3 is 0 Å². The maximum atomic E-state index is 14.5. The molecule has 5 rings (SSSR count). The van der Waals surface area contributed by atoms with Gasteiger partial charge in [0.25, 0.3) is 5.91 Å². The van der Waals surface area contributed by atoms with E-state index in [1.165, 1.54) is 12.1 Å². The summed E-state index contributed by atoms with van der Waals surface area (Å²) in [6, 6.07) is 10.9. The molecule has 1 saturated heterocycles. The molecule has 0 radical (unpaired) electrons. The van der Waals surface area contributed by atoms with Crippen molar-refractivity contribution in [2.24, 2.45) is 17.8 Å². The van der Waals surface area contributed by atoms with Crippen molar-refractivity contribution in [2.75, 3.05) is 0 Å². The summed E-state index contributed by atoms with van der Waals surface area (Å²) in [5.74, 6) is 1.21. The Balaban J connectivity index is 1.47. The van der Waals surface area contributed by atoms with Gasteiger partial charge in [-0.3, -0.25) is 14.9 Å². The lowest BCUT2D eigenvalue weighted by molar-refractivity contribution is -0.137. The highest BCUT2D eigenvalue weighted by Crippen LogP contribution is 2.48. The Hall–Kier alpha value is -3.37. The molecule has 3 aromatic rings. The molecule has 3 N–H and O–H groups in total. The second kappa shape index (κ2) is 13.1. The molecule has 2 aromatic carbocycles. The fourth-order valence-corrected chi connectivity index (χ4v) is 6.88. The first-order valence-corrected chi connectivity index (χ1v) is 15.6. The van der Waals surface area contributed by atoms with Gasteiger partial charge in [-0.05, 0) is 97.7 Å². The van der Waals surface area contributed by atoms with Gasteiger partial charge in [0.1, 0.15) is 11.9 Å². The number of aromatic amines is 1. The van der Waals surface area contributed by atoms with E-state index in [4.69, 9.17) is 11.6 Å². The maximum absolute atomic E-state index is 14.5. The number of rotatable bonds is 10. The average molecular weight is 610 g/mol. The van der Waals surface area contributed by atoms with Crippen molar-refractivity contribution in [3.8, 4) is 0 Å². The molecule has 2 fully saturated rings. The van der Waals surface area contributed by atoms with Crippen LogP contribution in [0.5, 0.6) is 0 Å². The number of carbonyl (C=O) groups excluding carboxylic acids is 2. The molecule has 1 aliphatic heterocycles. The van der Waals surface area contributed by atoms with Crippen molar-refractivity contribution in [1.29, 1.82) is 0 Å². The molecule has 1 spiro atoms. The van der Waals surface area contributed by atoms with E-state index in [2.05, 4.69) is 63.9 Å². The summed E-state index contributed by atoms with van der Waals surface area (Å²) in [6.45, 7) is 9.04. The SMILES string of the molecule is CC(C)CCC(c1ccc(C(=O)NCc2nn[nH]n2)cc1)N1C(=O)C(c2cc(F)cc(Cl)c2)NC12CCC(C(C)C)CC2. The highest BCUT2D eigenvalue weighted by molar-refractivity contribution is 6.30. The van der Waals surface area contributed by atoms with Crippen molar-refractivity contribution in [3.63, 3.8) is 0 Å². The van der Waals surface area contributed by atoms with Gasteiger partial charge in [-0.2, -0.15) is 5.21 Å². The minimum atomic E-state index is -0.694. The number of tetrazole rings is 1. The minimum Gasteiger partial charge on any atom is -0.345 e. The van der Waals surface area contributed by atoms with Crippen LogP contribution in [0.1, 0.15) is 106 Å². The van der Waals surface area contributed by atoms with Crippen molar-refractivity contribution >= 4 is 23.4 Å². The molecular formula is C32H41ClFN7O2. The normalized spacial score (nSPS) is 23.0. The predicted octanol–water partition coefficient (Wildman–Crippen LogP) is 6.12. The Bertz CT molecular complexity index is 1390. The number of benzene rings is 2. The van der Waals surface area contributed by atoms with Gasteiger partial charge in [0.15, 0.2) is 5.82 Å². The molecule has 2 heterocycles. The van der Waals surface area contributed by atoms with Gasteiger partial charge in [0.2, 0.25) is 5.91 Å². The fourth-order valence-electron chi connectivity index (χ4n) is 6.65. The second-order valence-corrected chi connectivity index (χ2v) is 13.2. The molecule has 2 amide bonds. The monoisotopic (exact) mass is 609 g/mol. The first-order valence-electron chi connectivity index (χ1n) is 15.2. The maximum Gasteiger partial charge on any atom is 0.251 e. The Morgan fingerprint density at radius 2 is 1.84 bits per heavy atom. The first-order chi connectivity index (χ1) is 20.6. The van der Waals surface area contributed by atoms with Crippen LogP contribution < -0.4 is 10.6 Å². The number of nitrogens with zero attached hydrogens (tertiary/aromatic N) is 4. The standard InChI is InChI=1S/C32H41ClFN7O2/c1-19(2)5-10-27(22-6-8-23(9-7-22)30(42)35-18-28-37-39-40-38-28)41-31(43)29(24-15-25(33)17-26(34)16-24)36-32(41)13-11-21(12-14-32)20(3)4/h6-9,15-17,19-21,27,29,36H,5,10-14,18H2,1-4H3,(H,35,42)(H,37,38,39,40). The lowest BCUT2D eigenvalue weighted by Crippen LogP contribution is -2.55. The van der Waals surface area contributed by atoms with Crippen LogP contribution in [0.3, 0.4) is 0 Å². The van der Waals surface area contributed by atoms with Crippen LogP contribution in [0.2, 0.25) is 5.02 Å². The zero-order chi connectivity index (χ0) is 30.7. The quantitative estimate of drug-likeness (QED) is 0.255. The Morgan fingerprint density at radius 3 is 2.44 bits per heavy atom. The first kappa shape index (κ1) is 31.1. The van der Waals surface area contributed by atoms with Crippen molar-refractivity contribution in [3.05, 3.63) is 75.8 Å². The topological polar surface area (TPSA) is 116 Å². The molecule has 43 heavy (non-hydrogen) atoms. The lowest BCUT2D eigenvalue weighted by Gasteiger charge is -2.47. The molecule has 1 aliphatic carbocycles. The van der Waals surface area contributed by atoms with Gasteiger partial charge in [-0.1, -0.05) is 56.6 Å². The van der Waals surface area contributed by atoms with E-state index in [0.29, 0.717) is 34.7 Å². The Kier molecular flexibility index (Phi) is 9.46. The Morgan fingerprint density at radius 1 is 1.12 bits per heavy atom. The van der Waals surface area contributed by atoms with E-state index in [1.54, 1.807) is 18.2 Å². The third kappa shape index (κ3) is 6.91. The van der Waals surface area contributed by atoms with Crippen LogP contribution >= 0.6 is 11.6 Å². The van der Waals surface area contributed by atoms with E-state index in [9.17, 15) is 14.0 Å². The van der Waals surface area contributed by atoms with E-state index in [0.717, 1.165) is 44.1 Å². The number of aromatic nitrogens is 4. The fraction of sp³-hybridized carbons (Fsp3) is 0.531. The van der Waals surface area contributed by atoms with E-state index in [-0.39, 0.29) is 29.4 Å². The van der Waals surface area contributed by atoms with Crippen molar-refractivity contribution in [2.45, 2.75) is 90.5 Å². The molecule has 9 nitrogen and oxygen atoms in total. The van der Waals surface area contributed by atoms with Gasteiger partial charge in [-0.15, -0.1) is 10.2 Å². The molecule has 1 aromatic heterocycles. The molecular weight excluding hydrogens is 569 g/mol. The smallest absolute Gasteiger partial charge is 0.251 e. The summed E-state index contributed by atoms with van der Waals surface area (Å²) in [5.41, 5.74) is 1.45. The summed E-state index contributed by atoms with van der Waals surface area (Å²) >= 11 is 6.24. The highest BCUT2D eigenvalue weighted by atomic mass is 35.5.